The molecule has 4 rings (SSSR count). The standard InChI is InChI=1S/C28H27NO3/c1-2-32-28(31)15-14-20-10-12-21(13-11-20)16-17-29-27(30)19-23-7-5-9-25-24-8-4-3-6-22(24)18-26(23)25/h3-15H,2,16-19H2,1H3,(H,29,30)/b15-14+. The van der Waals surface area contributed by atoms with E-state index in [1.807, 2.05) is 30.3 Å². The minimum atomic E-state index is -0.341. The maximum Gasteiger partial charge on any atom is 0.330 e. The van der Waals surface area contributed by atoms with Gasteiger partial charge in [0.15, 0.2) is 0 Å². The van der Waals surface area contributed by atoms with Crippen molar-refractivity contribution in [1.82, 2.24) is 5.32 Å². The van der Waals surface area contributed by atoms with E-state index in [1.165, 1.54) is 28.3 Å². The highest BCUT2D eigenvalue weighted by Crippen LogP contribution is 2.38. The predicted octanol–water partition coefficient (Wildman–Crippen LogP) is 4.74. The first-order valence-corrected chi connectivity index (χ1v) is 11.0. The summed E-state index contributed by atoms with van der Waals surface area (Å²) in [6, 6.07) is 22.6. The molecule has 1 aliphatic rings. The van der Waals surface area contributed by atoms with Crippen molar-refractivity contribution < 1.29 is 14.3 Å². The molecule has 4 nitrogen and oxygen atoms in total. The molecule has 1 amide bonds. The maximum atomic E-state index is 12.6. The van der Waals surface area contributed by atoms with Crippen molar-refractivity contribution in [2.24, 2.45) is 0 Å². The molecule has 0 unspecified atom stereocenters. The van der Waals surface area contributed by atoms with Crippen LogP contribution < -0.4 is 5.32 Å². The Hall–Kier alpha value is -3.66. The van der Waals surface area contributed by atoms with E-state index in [-0.39, 0.29) is 11.9 Å². The Balaban J connectivity index is 1.28. The van der Waals surface area contributed by atoms with Gasteiger partial charge in [-0.2, -0.15) is 0 Å². The molecular weight excluding hydrogens is 398 g/mol. The van der Waals surface area contributed by atoms with Gasteiger partial charge in [0.25, 0.3) is 0 Å². The lowest BCUT2D eigenvalue weighted by Crippen LogP contribution is -2.27. The van der Waals surface area contributed by atoms with Gasteiger partial charge in [-0.15, -0.1) is 0 Å². The van der Waals surface area contributed by atoms with Crippen LogP contribution in [0.15, 0.2) is 72.8 Å². The smallest absolute Gasteiger partial charge is 0.330 e. The van der Waals surface area contributed by atoms with Gasteiger partial charge < -0.3 is 10.1 Å². The number of hydrogen-bond donors (Lipinski definition) is 1. The monoisotopic (exact) mass is 425 g/mol. The lowest BCUT2D eigenvalue weighted by atomic mass is 9.99. The van der Waals surface area contributed by atoms with Gasteiger partial charge in [0, 0.05) is 12.6 Å². The Morgan fingerprint density at radius 3 is 2.56 bits per heavy atom. The van der Waals surface area contributed by atoms with E-state index in [2.05, 4.69) is 41.7 Å². The average Bonchev–Trinajstić information content (AvgIpc) is 3.19. The van der Waals surface area contributed by atoms with Crippen molar-refractivity contribution in [2.75, 3.05) is 13.2 Å². The number of rotatable bonds is 8. The number of amides is 1. The number of esters is 1. The molecule has 162 valence electrons. The fraction of sp³-hybridized carbons (Fsp3) is 0.214. The second-order valence-corrected chi connectivity index (χ2v) is 7.88. The van der Waals surface area contributed by atoms with E-state index in [1.54, 1.807) is 13.0 Å². The van der Waals surface area contributed by atoms with Gasteiger partial charge in [0.2, 0.25) is 5.91 Å². The predicted molar refractivity (Wildman–Crippen MR) is 127 cm³/mol. The average molecular weight is 426 g/mol. The molecule has 0 spiro atoms. The largest absolute Gasteiger partial charge is 0.463 e. The number of carbonyl (C=O) groups is 2. The van der Waals surface area contributed by atoms with Gasteiger partial charge in [-0.05, 0) is 64.8 Å². The highest BCUT2D eigenvalue weighted by Gasteiger charge is 2.21. The summed E-state index contributed by atoms with van der Waals surface area (Å²) in [6.45, 7) is 2.74. The second kappa shape index (κ2) is 10.1. The molecule has 0 aromatic heterocycles. The van der Waals surface area contributed by atoms with Crippen LogP contribution in [0.1, 0.15) is 34.7 Å². The molecule has 32 heavy (non-hydrogen) atoms. The van der Waals surface area contributed by atoms with Crippen LogP contribution in [-0.2, 0) is 33.6 Å². The fourth-order valence-corrected chi connectivity index (χ4v) is 4.12. The molecule has 0 atom stereocenters. The SMILES string of the molecule is CCOC(=O)/C=C/c1ccc(CCNC(=O)Cc2cccc3c2Cc2ccccc2-3)cc1. The lowest BCUT2D eigenvalue weighted by Gasteiger charge is -2.10. The van der Waals surface area contributed by atoms with Crippen LogP contribution in [0.4, 0.5) is 0 Å². The van der Waals surface area contributed by atoms with Crippen LogP contribution in [0.3, 0.4) is 0 Å². The summed E-state index contributed by atoms with van der Waals surface area (Å²) in [5.74, 6) is -0.296. The van der Waals surface area contributed by atoms with Gasteiger partial charge in [0.1, 0.15) is 0 Å². The third-order valence-corrected chi connectivity index (χ3v) is 5.71. The first-order valence-electron chi connectivity index (χ1n) is 11.0. The first-order chi connectivity index (χ1) is 15.6. The third-order valence-electron chi connectivity index (χ3n) is 5.71. The van der Waals surface area contributed by atoms with E-state index in [0.29, 0.717) is 19.6 Å². The molecule has 0 aliphatic heterocycles. The molecule has 0 saturated carbocycles. The van der Waals surface area contributed by atoms with E-state index in [9.17, 15) is 9.59 Å². The van der Waals surface area contributed by atoms with Crippen LogP contribution >= 0.6 is 0 Å². The summed E-state index contributed by atoms with van der Waals surface area (Å²) in [5.41, 5.74) is 8.31. The molecule has 0 radical (unpaired) electrons. The molecule has 0 bridgehead atoms. The van der Waals surface area contributed by atoms with Crippen molar-refractivity contribution in [2.45, 2.75) is 26.2 Å². The van der Waals surface area contributed by atoms with Crippen molar-refractivity contribution in [3.8, 4) is 11.1 Å². The molecule has 1 N–H and O–H groups in total. The number of benzene rings is 3. The molecule has 4 heteroatoms. The first kappa shape index (κ1) is 21.6. The molecule has 0 saturated heterocycles. The molecular formula is C28H27NO3. The normalized spacial score (nSPS) is 11.8. The summed E-state index contributed by atoms with van der Waals surface area (Å²) in [4.78, 5) is 24.0. The molecule has 0 heterocycles. The van der Waals surface area contributed by atoms with E-state index in [0.717, 1.165) is 29.5 Å². The van der Waals surface area contributed by atoms with Crippen LogP contribution in [0.2, 0.25) is 0 Å². The molecule has 1 aliphatic carbocycles. The van der Waals surface area contributed by atoms with Crippen LogP contribution in [-0.4, -0.2) is 25.0 Å². The van der Waals surface area contributed by atoms with E-state index < -0.39 is 0 Å². The van der Waals surface area contributed by atoms with Crippen molar-refractivity contribution in [3.63, 3.8) is 0 Å². The summed E-state index contributed by atoms with van der Waals surface area (Å²) in [5, 5.41) is 3.05. The summed E-state index contributed by atoms with van der Waals surface area (Å²) >= 11 is 0. The van der Waals surface area contributed by atoms with Gasteiger partial charge in [-0.25, -0.2) is 4.79 Å². The molecule has 0 fully saturated rings. The van der Waals surface area contributed by atoms with Gasteiger partial charge in [-0.1, -0.05) is 66.7 Å². The van der Waals surface area contributed by atoms with Gasteiger partial charge >= 0.3 is 5.97 Å². The zero-order chi connectivity index (χ0) is 22.3. The van der Waals surface area contributed by atoms with Crippen LogP contribution in [0.25, 0.3) is 17.2 Å². The van der Waals surface area contributed by atoms with Crippen molar-refractivity contribution >= 4 is 18.0 Å². The third kappa shape index (κ3) is 5.14. The number of hydrogen-bond acceptors (Lipinski definition) is 3. The fourth-order valence-electron chi connectivity index (χ4n) is 4.12. The Kier molecular flexibility index (Phi) is 6.81. The van der Waals surface area contributed by atoms with Crippen LogP contribution in [0.5, 0.6) is 0 Å². The topological polar surface area (TPSA) is 55.4 Å². The van der Waals surface area contributed by atoms with Gasteiger partial charge in [-0.3, -0.25) is 4.79 Å². The maximum absolute atomic E-state index is 12.6. The number of fused-ring (bicyclic) bond motifs is 3. The highest BCUT2D eigenvalue weighted by molar-refractivity contribution is 5.87. The lowest BCUT2D eigenvalue weighted by molar-refractivity contribution is -0.137. The zero-order valence-corrected chi connectivity index (χ0v) is 18.3. The molecule has 3 aromatic rings. The second-order valence-electron chi connectivity index (χ2n) is 7.88. The number of ether oxygens (including phenoxy) is 1. The van der Waals surface area contributed by atoms with Crippen LogP contribution in [0, 0.1) is 0 Å². The summed E-state index contributed by atoms with van der Waals surface area (Å²) < 4.78 is 4.88. The molecule has 3 aromatic carbocycles. The quantitative estimate of drug-likeness (QED) is 0.328. The van der Waals surface area contributed by atoms with Crippen molar-refractivity contribution in [1.29, 1.82) is 0 Å². The highest BCUT2D eigenvalue weighted by atomic mass is 16.5. The Morgan fingerprint density at radius 1 is 0.969 bits per heavy atom. The minimum absolute atomic E-state index is 0.0448. The van der Waals surface area contributed by atoms with E-state index in [4.69, 9.17) is 4.74 Å². The minimum Gasteiger partial charge on any atom is -0.463 e. The summed E-state index contributed by atoms with van der Waals surface area (Å²) in [7, 11) is 0. The van der Waals surface area contributed by atoms with Gasteiger partial charge in [0.05, 0.1) is 13.0 Å². The van der Waals surface area contributed by atoms with Crippen molar-refractivity contribution in [3.05, 3.63) is 101 Å². The van der Waals surface area contributed by atoms with E-state index >= 15 is 0 Å². The number of carbonyl (C=O) groups excluding carboxylic acids is 2. The number of nitrogens with one attached hydrogen (secondary N) is 1. The zero-order valence-electron chi connectivity index (χ0n) is 18.3. The summed E-state index contributed by atoms with van der Waals surface area (Å²) in [6.07, 6.45) is 5.21. The Labute approximate surface area is 188 Å². The Bertz CT molecular complexity index is 1150. The Morgan fingerprint density at radius 2 is 1.75 bits per heavy atom.